The molecule has 13 nitrogen and oxygen atoms in total. The highest BCUT2D eigenvalue weighted by molar-refractivity contribution is 8.03. The van der Waals surface area contributed by atoms with Crippen molar-refractivity contribution in [3.8, 4) is 0 Å². The number of carbonyl (C=O) groups is 4. The predicted octanol–water partition coefficient (Wildman–Crippen LogP) is 3.48. The second-order valence-corrected chi connectivity index (χ2v) is 15.9. The first-order valence-corrected chi connectivity index (χ1v) is 16.7. The van der Waals surface area contributed by atoms with Gasteiger partial charge in [-0.3, -0.25) is 10.1 Å². The van der Waals surface area contributed by atoms with Gasteiger partial charge < -0.3 is 34.4 Å². The molecular formula is C31H49N5O8S. The average Bonchev–Trinajstić information content (AvgIpc) is 3.42. The number of carboxylic acid groups (broad SMARTS) is 1. The number of likely N-dealkylation sites (tertiary alicyclic amines) is 2. The third-order valence-electron chi connectivity index (χ3n) is 8.47. The lowest BCUT2D eigenvalue weighted by Gasteiger charge is -2.46. The summed E-state index contributed by atoms with van der Waals surface area (Å²) in [5.41, 5.74) is -1.36. The zero-order valence-corrected chi connectivity index (χ0v) is 28.5. The van der Waals surface area contributed by atoms with Gasteiger partial charge in [0.15, 0.2) is 0 Å². The molecule has 0 saturated carbocycles. The van der Waals surface area contributed by atoms with Crippen LogP contribution in [0.25, 0.3) is 0 Å². The number of alkyl carbamates (subject to hydrolysis) is 1. The van der Waals surface area contributed by atoms with Crippen molar-refractivity contribution in [2.45, 2.75) is 103 Å². The van der Waals surface area contributed by atoms with Gasteiger partial charge in [0.1, 0.15) is 16.9 Å². The monoisotopic (exact) mass is 651 g/mol. The van der Waals surface area contributed by atoms with Gasteiger partial charge in [-0.1, -0.05) is 6.92 Å². The summed E-state index contributed by atoms with van der Waals surface area (Å²) >= 11 is 1.57. The van der Waals surface area contributed by atoms with E-state index in [4.69, 9.17) is 9.47 Å². The highest BCUT2D eigenvalue weighted by Crippen LogP contribution is 2.52. The van der Waals surface area contributed by atoms with Crippen LogP contribution in [0.15, 0.2) is 15.6 Å². The number of nitrogens with zero attached hydrogens (tertiary/aromatic N) is 4. The fourth-order valence-electron chi connectivity index (χ4n) is 6.55. The smallest absolute Gasteiger partial charge is 0.437 e. The normalized spacial score (nSPS) is 27.3. The predicted molar refractivity (Wildman–Crippen MR) is 169 cm³/mol. The van der Waals surface area contributed by atoms with Crippen molar-refractivity contribution in [2.24, 2.45) is 22.7 Å². The highest BCUT2D eigenvalue weighted by Gasteiger charge is 2.60. The molecule has 3 amide bonds. The van der Waals surface area contributed by atoms with Crippen molar-refractivity contribution in [3.63, 3.8) is 0 Å². The van der Waals surface area contributed by atoms with Crippen LogP contribution in [-0.4, -0.2) is 116 Å². The Hall–Kier alpha value is -2.84. The number of carboxylic acids is 1. The second-order valence-electron chi connectivity index (χ2n) is 14.5. The Morgan fingerprint density at radius 1 is 1.04 bits per heavy atom. The van der Waals surface area contributed by atoms with Gasteiger partial charge in [0, 0.05) is 42.3 Å². The van der Waals surface area contributed by atoms with E-state index in [0.29, 0.717) is 19.0 Å². The SMILES string of the molecule is CC(O)[C@H]1C(=O)N2C(C(=O)O)=C(S[C@@H]3CCN(CC4CCN(C(=NC(=O)OC(C)(C)C)NC(=O)OC(C)(C)C)CC4)C3)[C@H](C)[C@H]12. The first-order chi connectivity index (χ1) is 20.8. The summed E-state index contributed by atoms with van der Waals surface area (Å²) < 4.78 is 10.7. The summed E-state index contributed by atoms with van der Waals surface area (Å²) in [4.78, 5) is 60.4. The number of thioether (sulfide) groups is 1. The zero-order chi connectivity index (χ0) is 33.4. The van der Waals surface area contributed by atoms with E-state index in [9.17, 15) is 29.4 Å². The van der Waals surface area contributed by atoms with Gasteiger partial charge >= 0.3 is 18.2 Å². The Balaban J connectivity index is 1.33. The number of piperidine rings is 1. The lowest BCUT2D eigenvalue weighted by molar-refractivity contribution is -0.163. The molecule has 252 valence electrons. The Bertz CT molecular complexity index is 1230. The molecule has 4 heterocycles. The van der Waals surface area contributed by atoms with Crippen molar-refractivity contribution >= 4 is 41.8 Å². The molecule has 5 atom stereocenters. The largest absolute Gasteiger partial charge is 0.477 e. The first kappa shape index (κ1) is 35.0. The van der Waals surface area contributed by atoms with Crippen LogP contribution in [0.2, 0.25) is 0 Å². The van der Waals surface area contributed by atoms with Gasteiger partial charge in [-0.05, 0) is 80.2 Å². The van der Waals surface area contributed by atoms with Gasteiger partial charge in [0.2, 0.25) is 11.9 Å². The quantitative estimate of drug-likeness (QED) is 0.219. The highest BCUT2D eigenvalue weighted by atomic mass is 32.2. The standard InChI is InChI=1S/C31H49N5O8S/c1-17-22-21(18(2)37)25(38)36(22)23(26(39)40)24(17)45-20-11-12-34(16-20)15-19-9-13-35(14-10-19)27(32-28(41)43-30(3,4)5)33-29(42)44-31(6,7)8/h17-22,37H,9-16H2,1-8H3,(H,39,40)(H,32,33,41,42)/t17-,18?,20-,21-,22-/m1/s1. The number of nitrogens with one attached hydrogen (secondary N) is 1. The Kier molecular flexibility index (Phi) is 10.5. The molecule has 45 heavy (non-hydrogen) atoms. The van der Waals surface area contributed by atoms with Crippen LogP contribution in [-0.2, 0) is 19.1 Å². The molecule has 0 spiro atoms. The number of guanidine groups is 1. The fraction of sp³-hybridized carbons (Fsp3) is 0.774. The van der Waals surface area contributed by atoms with Gasteiger partial charge in [-0.15, -0.1) is 16.8 Å². The number of aliphatic hydroxyl groups excluding tert-OH is 1. The molecule has 3 N–H and O–H groups in total. The van der Waals surface area contributed by atoms with Crippen molar-refractivity contribution in [1.82, 2.24) is 20.0 Å². The summed E-state index contributed by atoms with van der Waals surface area (Å²) in [6.07, 6.45) is 0.287. The maximum atomic E-state index is 12.7. The second kappa shape index (κ2) is 13.5. The molecule has 3 saturated heterocycles. The Morgan fingerprint density at radius 3 is 2.22 bits per heavy atom. The number of carbonyl (C=O) groups excluding carboxylic acids is 3. The lowest BCUT2D eigenvalue weighted by Crippen LogP contribution is -2.63. The molecule has 4 rings (SSSR count). The van der Waals surface area contributed by atoms with E-state index in [2.05, 4.69) is 15.2 Å². The van der Waals surface area contributed by atoms with Crippen LogP contribution in [0.4, 0.5) is 9.59 Å². The van der Waals surface area contributed by atoms with Crippen molar-refractivity contribution in [3.05, 3.63) is 10.6 Å². The zero-order valence-electron chi connectivity index (χ0n) is 27.7. The van der Waals surface area contributed by atoms with Crippen molar-refractivity contribution < 1.29 is 38.9 Å². The number of hydrogen-bond donors (Lipinski definition) is 3. The van der Waals surface area contributed by atoms with Crippen LogP contribution in [0.1, 0.15) is 74.7 Å². The summed E-state index contributed by atoms with van der Waals surface area (Å²) in [5.74, 6) is -1.59. The number of amides is 3. The number of aliphatic carboxylic acids is 1. The summed E-state index contributed by atoms with van der Waals surface area (Å²) in [7, 11) is 0. The maximum Gasteiger partial charge on any atom is 0.437 e. The number of aliphatic hydroxyl groups is 1. The van der Waals surface area contributed by atoms with Gasteiger partial charge in [0.05, 0.1) is 18.1 Å². The van der Waals surface area contributed by atoms with Crippen LogP contribution < -0.4 is 5.32 Å². The third kappa shape index (κ3) is 8.50. The molecule has 0 aliphatic carbocycles. The summed E-state index contributed by atoms with van der Waals surface area (Å²) in [6.45, 7) is 17.9. The van der Waals surface area contributed by atoms with E-state index in [0.717, 1.165) is 43.8 Å². The molecule has 0 aromatic heterocycles. The Labute approximate surface area is 269 Å². The van der Waals surface area contributed by atoms with Crippen LogP contribution in [0.5, 0.6) is 0 Å². The van der Waals surface area contributed by atoms with Crippen molar-refractivity contribution in [1.29, 1.82) is 0 Å². The van der Waals surface area contributed by atoms with E-state index in [1.165, 1.54) is 4.90 Å². The third-order valence-corrected chi connectivity index (χ3v) is 10.0. The molecule has 14 heteroatoms. The van der Waals surface area contributed by atoms with E-state index in [1.54, 1.807) is 60.2 Å². The molecule has 4 aliphatic rings. The topological polar surface area (TPSA) is 161 Å². The molecule has 3 fully saturated rings. The van der Waals surface area contributed by atoms with Crippen LogP contribution in [0.3, 0.4) is 0 Å². The minimum atomic E-state index is -1.10. The lowest BCUT2D eigenvalue weighted by atomic mass is 9.79. The van der Waals surface area contributed by atoms with Gasteiger partial charge in [-0.2, -0.15) is 0 Å². The molecule has 4 aliphatic heterocycles. The molecule has 1 unspecified atom stereocenters. The van der Waals surface area contributed by atoms with Crippen LogP contribution in [0, 0.1) is 17.8 Å². The summed E-state index contributed by atoms with van der Waals surface area (Å²) in [5, 5.41) is 22.9. The minimum absolute atomic E-state index is 0.0778. The van der Waals surface area contributed by atoms with E-state index in [1.807, 2.05) is 11.8 Å². The van der Waals surface area contributed by atoms with Crippen molar-refractivity contribution in [2.75, 3.05) is 32.7 Å². The van der Waals surface area contributed by atoms with Crippen LogP contribution >= 0.6 is 11.8 Å². The minimum Gasteiger partial charge on any atom is -0.477 e. The molecule has 0 radical (unpaired) electrons. The molecule has 0 aromatic rings. The van der Waals surface area contributed by atoms with Gasteiger partial charge in [0.25, 0.3) is 0 Å². The average molecular weight is 652 g/mol. The maximum absolute atomic E-state index is 12.7. The number of fused-ring (bicyclic) bond motifs is 1. The number of hydrogen-bond acceptors (Lipinski definition) is 9. The molecular weight excluding hydrogens is 602 g/mol. The summed E-state index contributed by atoms with van der Waals surface area (Å²) in [6, 6.07) is -0.303. The fourth-order valence-corrected chi connectivity index (χ4v) is 8.07. The number of aliphatic imine (C=N–C) groups is 1. The Morgan fingerprint density at radius 2 is 1.67 bits per heavy atom. The first-order valence-electron chi connectivity index (χ1n) is 15.8. The molecule has 0 bridgehead atoms. The van der Waals surface area contributed by atoms with E-state index < -0.39 is 41.4 Å². The van der Waals surface area contributed by atoms with E-state index in [-0.39, 0.29) is 34.8 Å². The molecule has 0 aromatic carbocycles. The number of rotatable bonds is 6. The number of β-lactam (4-membered cyclic amide) rings is 1. The van der Waals surface area contributed by atoms with Gasteiger partial charge in [-0.25, -0.2) is 14.4 Å². The number of ether oxygens (including phenoxy) is 2. The van der Waals surface area contributed by atoms with E-state index >= 15 is 0 Å².